The molecule has 6 nitrogen and oxygen atoms in total. The van der Waals surface area contributed by atoms with Crippen molar-refractivity contribution in [2.45, 2.75) is 25.7 Å². The van der Waals surface area contributed by atoms with Crippen molar-refractivity contribution in [3.8, 4) is 0 Å². The number of hydrazine groups is 2. The molecule has 0 bridgehead atoms. The summed E-state index contributed by atoms with van der Waals surface area (Å²) < 4.78 is 0. The summed E-state index contributed by atoms with van der Waals surface area (Å²) in [6, 6.07) is 0. The standard InChI is InChI=1S/C8H16N4O2/c9-11-7(13)5-3-1-2-4-6(5)8(14)12-10/h5-6H,1-4,9-10H2,(H,11,13)(H,12,14)/t5-,6+. The monoisotopic (exact) mass is 200 g/mol. The Bertz CT molecular complexity index is 207. The quantitative estimate of drug-likeness (QED) is 0.254. The van der Waals surface area contributed by atoms with Gasteiger partial charge in [-0.25, -0.2) is 11.7 Å². The summed E-state index contributed by atoms with van der Waals surface area (Å²) in [5.41, 5.74) is 4.17. The second kappa shape index (κ2) is 4.92. The van der Waals surface area contributed by atoms with Crippen LogP contribution in [0.25, 0.3) is 0 Å². The van der Waals surface area contributed by atoms with Gasteiger partial charge in [-0.05, 0) is 12.8 Å². The van der Waals surface area contributed by atoms with E-state index in [2.05, 4.69) is 10.9 Å². The predicted molar refractivity (Wildman–Crippen MR) is 50.1 cm³/mol. The molecule has 0 spiro atoms. The fourth-order valence-corrected chi connectivity index (χ4v) is 1.97. The molecule has 1 aliphatic rings. The number of nitrogens with one attached hydrogen (secondary N) is 2. The van der Waals surface area contributed by atoms with Gasteiger partial charge in [-0.15, -0.1) is 0 Å². The molecule has 80 valence electrons. The first kappa shape index (κ1) is 10.9. The van der Waals surface area contributed by atoms with Crippen LogP contribution < -0.4 is 22.5 Å². The lowest BCUT2D eigenvalue weighted by atomic mass is 9.78. The molecule has 2 atom stereocenters. The third-order valence-electron chi connectivity index (χ3n) is 2.72. The van der Waals surface area contributed by atoms with Crippen molar-refractivity contribution in [2.24, 2.45) is 23.5 Å². The Hall–Kier alpha value is -1.14. The van der Waals surface area contributed by atoms with E-state index in [4.69, 9.17) is 11.7 Å². The maximum atomic E-state index is 11.3. The van der Waals surface area contributed by atoms with Gasteiger partial charge in [0.05, 0.1) is 11.8 Å². The molecule has 0 aliphatic heterocycles. The van der Waals surface area contributed by atoms with Gasteiger partial charge in [-0.3, -0.25) is 20.4 Å². The third-order valence-corrected chi connectivity index (χ3v) is 2.72. The Morgan fingerprint density at radius 3 is 1.57 bits per heavy atom. The minimum atomic E-state index is -0.336. The maximum Gasteiger partial charge on any atom is 0.237 e. The Morgan fingerprint density at radius 1 is 0.929 bits per heavy atom. The van der Waals surface area contributed by atoms with E-state index in [1.54, 1.807) is 0 Å². The van der Waals surface area contributed by atoms with Crippen LogP contribution in [-0.4, -0.2) is 11.8 Å². The molecule has 2 amide bonds. The highest BCUT2D eigenvalue weighted by Crippen LogP contribution is 2.29. The largest absolute Gasteiger partial charge is 0.294 e. The van der Waals surface area contributed by atoms with Crippen LogP contribution in [0.15, 0.2) is 0 Å². The molecule has 0 aromatic carbocycles. The van der Waals surface area contributed by atoms with Crippen molar-refractivity contribution in [3.05, 3.63) is 0 Å². The molecule has 1 aliphatic carbocycles. The minimum Gasteiger partial charge on any atom is -0.294 e. The van der Waals surface area contributed by atoms with E-state index in [1.165, 1.54) is 0 Å². The second-order valence-corrected chi connectivity index (χ2v) is 3.51. The third kappa shape index (κ3) is 2.21. The van der Waals surface area contributed by atoms with E-state index in [1.807, 2.05) is 0 Å². The summed E-state index contributed by atoms with van der Waals surface area (Å²) in [4.78, 5) is 22.7. The Kier molecular flexibility index (Phi) is 3.84. The minimum absolute atomic E-state index is 0.279. The molecule has 0 aromatic heterocycles. The lowest BCUT2D eigenvalue weighted by Gasteiger charge is -2.28. The smallest absolute Gasteiger partial charge is 0.237 e. The number of amides is 2. The summed E-state index contributed by atoms with van der Waals surface area (Å²) in [5.74, 6) is 8.86. The normalized spacial score (nSPS) is 26.7. The first-order chi connectivity index (χ1) is 6.70. The Balaban J connectivity index is 2.68. The van der Waals surface area contributed by atoms with Gasteiger partial charge in [0.2, 0.25) is 11.8 Å². The molecule has 1 rings (SSSR count). The maximum absolute atomic E-state index is 11.3. The molecule has 0 heterocycles. The van der Waals surface area contributed by atoms with Crippen LogP contribution in [0.3, 0.4) is 0 Å². The number of hydrogen-bond acceptors (Lipinski definition) is 4. The fraction of sp³-hybridized carbons (Fsp3) is 0.750. The van der Waals surface area contributed by atoms with Gasteiger partial charge in [0.15, 0.2) is 0 Å². The zero-order valence-electron chi connectivity index (χ0n) is 7.95. The van der Waals surface area contributed by atoms with Crippen LogP contribution in [0, 0.1) is 11.8 Å². The molecule has 1 fully saturated rings. The highest BCUT2D eigenvalue weighted by molar-refractivity contribution is 5.87. The lowest BCUT2D eigenvalue weighted by Crippen LogP contribution is -2.47. The predicted octanol–water partition coefficient (Wildman–Crippen LogP) is -1.23. The van der Waals surface area contributed by atoms with Crippen LogP contribution in [0.5, 0.6) is 0 Å². The zero-order chi connectivity index (χ0) is 10.6. The van der Waals surface area contributed by atoms with E-state index in [9.17, 15) is 9.59 Å². The van der Waals surface area contributed by atoms with Crippen molar-refractivity contribution in [2.75, 3.05) is 0 Å². The molecule has 6 heteroatoms. The average molecular weight is 200 g/mol. The molecule has 14 heavy (non-hydrogen) atoms. The second-order valence-electron chi connectivity index (χ2n) is 3.51. The van der Waals surface area contributed by atoms with Gasteiger partial charge in [0.25, 0.3) is 0 Å². The molecule has 0 aromatic rings. The number of hydrogen-bond donors (Lipinski definition) is 4. The van der Waals surface area contributed by atoms with E-state index < -0.39 is 0 Å². The van der Waals surface area contributed by atoms with Gasteiger partial charge in [-0.1, -0.05) is 12.8 Å². The number of carbonyl (C=O) groups excluding carboxylic acids is 2. The van der Waals surface area contributed by atoms with E-state index in [-0.39, 0.29) is 23.7 Å². The topological polar surface area (TPSA) is 110 Å². The van der Waals surface area contributed by atoms with E-state index in [0.29, 0.717) is 12.8 Å². The van der Waals surface area contributed by atoms with Gasteiger partial charge in [0, 0.05) is 0 Å². The van der Waals surface area contributed by atoms with Gasteiger partial charge in [-0.2, -0.15) is 0 Å². The first-order valence-electron chi connectivity index (χ1n) is 4.71. The molecular weight excluding hydrogens is 184 g/mol. The summed E-state index contributed by atoms with van der Waals surface area (Å²) in [5, 5.41) is 0. The first-order valence-corrected chi connectivity index (χ1v) is 4.71. The van der Waals surface area contributed by atoms with Gasteiger partial charge < -0.3 is 0 Å². The van der Waals surface area contributed by atoms with Crippen molar-refractivity contribution in [1.29, 1.82) is 0 Å². The summed E-state index contributed by atoms with van der Waals surface area (Å²) in [6.07, 6.45) is 3.29. The summed E-state index contributed by atoms with van der Waals surface area (Å²) >= 11 is 0. The molecular formula is C8H16N4O2. The summed E-state index contributed by atoms with van der Waals surface area (Å²) in [6.45, 7) is 0. The van der Waals surface area contributed by atoms with E-state index >= 15 is 0 Å². The van der Waals surface area contributed by atoms with Crippen molar-refractivity contribution in [1.82, 2.24) is 10.9 Å². The SMILES string of the molecule is NNC(=O)[C@H]1CCCC[C@H]1C(=O)NN. The molecule has 1 saturated carbocycles. The number of rotatable bonds is 2. The van der Waals surface area contributed by atoms with Crippen LogP contribution in [-0.2, 0) is 9.59 Å². The molecule has 0 radical (unpaired) electrons. The number of carbonyl (C=O) groups is 2. The van der Waals surface area contributed by atoms with Crippen molar-refractivity contribution >= 4 is 11.8 Å². The molecule has 6 N–H and O–H groups in total. The lowest BCUT2D eigenvalue weighted by molar-refractivity contribution is -0.136. The van der Waals surface area contributed by atoms with Crippen molar-refractivity contribution in [3.63, 3.8) is 0 Å². The average Bonchev–Trinajstić information content (AvgIpc) is 2.27. The highest BCUT2D eigenvalue weighted by Gasteiger charge is 2.34. The summed E-state index contributed by atoms with van der Waals surface area (Å²) in [7, 11) is 0. The van der Waals surface area contributed by atoms with Crippen LogP contribution in [0.1, 0.15) is 25.7 Å². The Morgan fingerprint density at radius 2 is 1.29 bits per heavy atom. The zero-order valence-corrected chi connectivity index (χ0v) is 7.95. The van der Waals surface area contributed by atoms with Gasteiger partial charge >= 0.3 is 0 Å². The fourth-order valence-electron chi connectivity index (χ4n) is 1.97. The number of nitrogens with two attached hydrogens (primary N) is 2. The van der Waals surface area contributed by atoms with E-state index in [0.717, 1.165) is 12.8 Å². The van der Waals surface area contributed by atoms with Crippen molar-refractivity contribution < 1.29 is 9.59 Å². The molecule has 0 saturated heterocycles. The van der Waals surface area contributed by atoms with Gasteiger partial charge in [0.1, 0.15) is 0 Å². The molecule has 0 unspecified atom stereocenters. The van der Waals surface area contributed by atoms with Crippen LogP contribution >= 0.6 is 0 Å². The highest BCUT2D eigenvalue weighted by atomic mass is 16.2. The Labute approximate surface area is 82.3 Å². The van der Waals surface area contributed by atoms with Crippen LogP contribution in [0.4, 0.5) is 0 Å². The van der Waals surface area contributed by atoms with Crippen LogP contribution in [0.2, 0.25) is 0 Å².